The van der Waals surface area contributed by atoms with Gasteiger partial charge in [0.15, 0.2) is 0 Å². The third kappa shape index (κ3) is 5.55. The fraction of sp³-hybridized carbons (Fsp3) is 1.00. The topological polar surface area (TPSA) is 20.2 Å². The lowest BCUT2D eigenvalue weighted by Gasteiger charge is -2.34. The number of unbranched alkanes of at least 4 members (excludes halogenated alkanes) is 2. The van der Waals surface area contributed by atoms with Crippen LogP contribution in [0.5, 0.6) is 0 Å². The summed E-state index contributed by atoms with van der Waals surface area (Å²) in [5.74, 6) is 0.462. The van der Waals surface area contributed by atoms with E-state index in [-0.39, 0.29) is 5.60 Å². The van der Waals surface area contributed by atoms with Crippen LogP contribution < -0.4 is 0 Å². The molecule has 0 aliphatic carbocycles. The molecular weight excluding hydrogens is 184 g/mol. The number of hydrogen-bond acceptors (Lipinski definition) is 1. The van der Waals surface area contributed by atoms with Crippen molar-refractivity contribution in [1.82, 2.24) is 0 Å². The number of hydrogen-bond donors (Lipinski definition) is 1. The Labute approximate surface area is 96.3 Å². The minimum atomic E-state index is -0.389. The highest BCUT2D eigenvalue weighted by atomic mass is 16.3. The van der Waals surface area contributed by atoms with Crippen LogP contribution in [0.3, 0.4) is 0 Å². The fourth-order valence-corrected chi connectivity index (χ4v) is 2.31. The van der Waals surface area contributed by atoms with Crippen LogP contribution in [0.4, 0.5) is 0 Å². The molecule has 0 aromatic carbocycles. The summed E-state index contributed by atoms with van der Waals surface area (Å²) >= 11 is 0. The zero-order chi connectivity index (χ0) is 11.7. The van der Waals surface area contributed by atoms with Gasteiger partial charge >= 0.3 is 0 Å². The van der Waals surface area contributed by atoms with Gasteiger partial charge in [0.2, 0.25) is 0 Å². The Morgan fingerprint density at radius 2 is 1.53 bits per heavy atom. The van der Waals surface area contributed by atoms with Gasteiger partial charge in [-0.15, -0.1) is 0 Å². The molecule has 0 rings (SSSR count). The second kappa shape index (κ2) is 8.15. The van der Waals surface area contributed by atoms with Crippen molar-refractivity contribution >= 4 is 0 Å². The number of aliphatic hydroxyl groups is 1. The maximum atomic E-state index is 10.6. The molecule has 0 amide bonds. The van der Waals surface area contributed by atoms with Crippen LogP contribution >= 0.6 is 0 Å². The zero-order valence-electron chi connectivity index (χ0n) is 11.2. The third-order valence-electron chi connectivity index (χ3n) is 3.55. The molecule has 0 aromatic rings. The Bertz CT molecular complexity index is 144. The van der Waals surface area contributed by atoms with E-state index >= 15 is 0 Å². The van der Waals surface area contributed by atoms with Crippen molar-refractivity contribution in [3.05, 3.63) is 0 Å². The van der Waals surface area contributed by atoms with Crippen LogP contribution in [0.15, 0.2) is 0 Å². The first-order valence-corrected chi connectivity index (χ1v) is 6.83. The van der Waals surface area contributed by atoms with Crippen molar-refractivity contribution in [1.29, 1.82) is 0 Å². The van der Waals surface area contributed by atoms with Crippen molar-refractivity contribution < 1.29 is 5.11 Å². The second-order valence-electron chi connectivity index (χ2n) is 5.00. The van der Waals surface area contributed by atoms with Crippen molar-refractivity contribution in [3.8, 4) is 0 Å². The lowest BCUT2D eigenvalue weighted by Crippen LogP contribution is -2.36. The lowest BCUT2D eigenvalue weighted by atomic mass is 9.78. The molecule has 15 heavy (non-hydrogen) atoms. The highest BCUT2D eigenvalue weighted by Gasteiger charge is 2.31. The molecule has 0 bridgehead atoms. The summed E-state index contributed by atoms with van der Waals surface area (Å²) in [6, 6.07) is 0. The van der Waals surface area contributed by atoms with E-state index in [1.165, 1.54) is 25.7 Å². The molecule has 92 valence electrons. The zero-order valence-corrected chi connectivity index (χ0v) is 11.2. The monoisotopic (exact) mass is 214 g/mol. The van der Waals surface area contributed by atoms with Gasteiger partial charge in [-0.25, -0.2) is 0 Å². The summed E-state index contributed by atoms with van der Waals surface area (Å²) in [6.07, 6.45) is 9.06. The van der Waals surface area contributed by atoms with Crippen LogP contribution in [-0.4, -0.2) is 10.7 Å². The van der Waals surface area contributed by atoms with Gasteiger partial charge in [0.1, 0.15) is 0 Å². The van der Waals surface area contributed by atoms with E-state index in [0.717, 1.165) is 25.7 Å². The summed E-state index contributed by atoms with van der Waals surface area (Å²) in [5, 5.41) is 10.6. The normalized spacial score (nSPS) is 17.4. The summed E-state index contributed by atoms with van der Waals surface area (Å²) < 4.78 is 0. The molecule has 0 saturated heterocycles. The molecule has 1 heteroatoms. The maximum absolute atomic E-state index is 10.6. The molecule has 0 fully saturated rings. The molecule has 1 N–H and O–H groups in total. The maximum Gasteiger partial charge on any atom is 0.0673 e. The van der Waals surface area contributed by atoms with E-state index in [1.807, 2.05) is 0 Å². The molecule has 0 saturated carbocycles. The van der Waals surface area contributed by atoms with Crippen molar-refractivity contribution in [3.63, 3.8) is 0 Å². The Kier molecular flexibility index (Phi) is 8.13. The van der Waals surface area contributed by atoms with Gasteiger partial charge in [-0.05, 0) is 25.2 Å². The lowest BCUT2D eigenvalue weighted by molar-refractivity contribution is -0.0331. The van der Waals surface area contributed by atoms with Gasteiger partial charge in [-0.1, -0.05) is 59.8 Å². The summed E-state index contributed by atoms with van der Waals surface area (Å²) in [7, 11) is 0. The van der Waals surface area contributed by atoms with Gasteiger partial charge in [-0.2, -0.15) is 0 Å². The fourth-order valence-electron chi connectivity index (χ4n) is 2.31. The first-order chi connectivity index (χ1) is 7.10. The van der Waals surface area contributed by atoms with Crippen molar-refractivity contribution in [2.45, 2.75) is 84.7 Å². The van der Waals surface area contributed by atoms with Gasteiger partial charge < -0.3 is 5.11 Å². The SMILES string of the molecule is CCCCC(C)C(O)(CCC)CCCC. The van der Waals surface area contributed by atoms with Gasteiger partial charge in [0.25, 0.3) is 0 Å². The third-order valence-corrected chi connectivity index (χ3v) is 3.55. The van der Waals surface area contributed by atoms with Crippen LogP contribution in [0.2, 0.25) is 0 Å². The molecule has 0 aromatic heterocycles. The average Bonchev–Trinajstić information content (AvgIpc) is 2.23. The predicted octanol–water partition coefficient (Wildman–Crippen LogP) is 4.53. The molecule has 0 aliphatic heterocycles. The van der Waals surface area contributed by atoms with E-state index in [1.54, 1.807) is 0 Å². The van der Waals surface area contributed by atoms with E-state index in [4.69, 9.17) is 0 Å². The predicted molar refractivity (Wildman–Crippen MR) is 68.1 cm³/mol. The largest absolute Gasteiger partial charge is 0.390 e. The number of rotatable bonds is 9. The van der Waals surface area contributed by atoms with Crippen LogP contribution in [0.25, 0.3) is 0 Å². The summed E-state index contributed by atoms with van der Waals surface area (Å²) in [6.45, 7) is 8.81. The summed E-state index contributed by atoms with van der Waals surface area (Å²) in [4.78, 5) is 0. The Morgan fingerprint density at radius 1 is 0.933 bits per heavy atom. The molecule has 2 unspecified atom stereocenters. The molecule has 2 atom stereocenters. The van der Waals surface area contributed by atoms with Crippen LogP contribution in [-0.2, 0) is 0 Å². The van der Waals surface area contributed by atoms with E-state index in [0.29, 0.717) is 5.92 Å². The average molecular weight is 214 g/mol. The highest BCUT2D eigenvalue weighted by Crippen LogP contribution is 2.32. The molecule has 0 radical (unpaired) electrons. The molecule has 0 heterocycles. The van der Waals surface area contributed by atoms with Crippen LogP contribution in [0.1, 0.15) is 79.1 Å². The smallest absolute Gasteiger partial charge is 0.0673 e. The second-order valence-corrected chi connectivity index (χ2v) is 5.00. The Hall–Kier alpha value is -0.0400. The molecule has 0 spiro atoms. The van der Waals surface area contributed by atoms with Gasteiger partial charge in [0.05, 0.1) is 5.60 Å². The minimum Gasteiger partial charge on any atom is -0.390 e. The van der Waals surface area contributed by atoms with E-state index in [9.17, 15) is 5.11 Å². The van der Waals surface area contributed by atoms with E-state index < -0.39 is 0 Å². The summed E-state index contributed by atoms with van der Waals surface area (Å²) in [5.41, 5.74) is -0.389. The van der Waals surface area contributed by atoms with Crippen molar-refractivity contribution in [2.75, 3.05) is 0 Å². The molecular formula is C14H30O. The van der Waals surface area contributed by atoms with Crippen LogP contribution in [0, 0.1) is 5.92 Å². The Morgan fingerprint density at radius 3 is 2.00 bits per heavy atom. The van der Waals surface area contributed by atoms with E-state index in [2.05, 4.69) is 27.7 Å². The van der Waals surface area contributed by atoms with Gasteiger partial charge in [0, 0.05) is 0 Å². The molecule has 0 aliphatic rings. The first-order valence-electron chi connectivity index (χ1n) is 6.83. The minimum absolute atomic E-state index is 0.389. The highest BCUT2D eigenvalue weighted by molar-refractivity contribution is 4.83. The quantitative estimate of drug-likeness (QED) is 0.597. The molecule has 1 nitrogen and oxygen atoms in total. The van der Waals surface area contributed by atoms with Gasteiger partial charge in [-0.3, -0.25) is 0 Å². The standard InChI is InChI=1S/C14H30O/c1-5-8-10-13(4)14(15,11-7-3)12-9-6-2/h13,15H,5-12H2,1-4H3. The Balaban J connectivity index is 4.18. The first kappa shape index (κ1) is 15.0. The van der Waals surface area contributed by atoms with Crippen molar-refractivity contribution in [2.24, 2.45) is 5.92 Å².